The molecule has 11 unspecified atom stereocenters. The van der Waals surface area contributed by atoms with Gasteiger partial charge in [-0.1, -0.05) is 57.9 Å². The maximum atomic E-state index is 14.0. The van der Waals surface area contributed by atoms with E-state index >= 15 is 0 Å². The minimum atomic E-state index is -1.53. The number of rotatable bonds is 7. The number of aliphatic hydroxyl groups is 4. The van der Waals surface area contributed by atoms with Crippen LogP contribution in [0.4, 0.5) is 0 Å². The number of esters is 1. The van der Waals surface area contributed by atoms with E-state index in [4.69, 9.17) is 9.47 Å². The fraction of sp³-hybridized carbons (Fsp3) is 0.829. The summed E-state index contributed by atoms with van der Waals surface area (Å²) in [6.45, 7) is 16.8. The van der Waals surface area contributed by atoms with Gasteiger partial charge in [0.15, 0.2) is 12.4 Å². The number of hydrogen-bond acceptors (Lipinski definition) is 8. The number of hydrogen-bond donors (Lipinski definition) is 4. The van der Waals surface area contributed by atoms with Gasteiger partial charge in [-0.3, -0.25) is 9.59 Å². The third kappa shape index (κ3) is 5.08. The maximum Gasteiger partial charge on any atom is 0.309 e. The molecule has 11 atom stereocenters. The summed E-state index contributed by atoms with van der Waals surface area (Å²) in [5.41, 5.74) is 3.10. The van der Waals surface area contributed by atoms with Crippen molar-refractivity contribution in [3.05, 3.63) is 23.3 Å². The second-order valence-electron chi connectivity index (χ2n) is 15.7. The summed E-state index contributed by atoms with van der Waals surface area (Å²) in [6, 6.07) is 0. The zero-order valence-corrected chi connectivity index (χ0v) is 27.0. The molecule has 2 saturated carbocycles. The lowest BCUT2D eigenvalue weighted by Crippen LogP contribution is -2.56. The van der Waals surface area contributed by atoms with Crippen LogP contribution in [-0.4, -0.2) is 69.5 Å². The molecule has 0 aromatic rings. The molecule has 4 N–H and O–H groups in total. The van der Waals surface area contributed by atoms with Crippen LogP contribution in [0.3, 0.4) is 0 Å². The van der Waals surface area contributed by atoms with Crippen molar-refractivity contribution in [1.29, 1.82) is 0 Å². The van der Waals surface area contributed by atoms with Gasteiger partial charge in [-0.05, 0) is 92.8 Å². The lowest BCUT2D eigenvalue weighted by molar-refractivity contribution is -0.262. The first-order valence-electron chi connectivity index (χ1n) is 16.4. The topological polar surface area (TPSA) is 134 Å². The summed E-state index contributed by atoms with van der Waals surface area (Å²) in [5, 5.41) is 41.6. The van der Waals surface area contributed by atoms with Crippen LogP contribution in [0.5, 0.6) is 0 Å². The van der Waals surface area contributed by atoms with Gasteiger partial charge in [0.05, 0.1) is 18.6 Å². The molecule has 0 bridgehead atoms. The van der Waals surface area contributed by atoms with Crippen LogP contribution in [0.2, 0.25) is 0 Å². The molecule has 3 fully saturated rings. The van der Waals surface area contributed by atoms with Gasteiger partial charge in [0.1, 0.15) is 18.0 Å². The lowest BCUT2D eigenvalue weighted by atomic mass is 9.43. The van der Waals surface area contributed by atoms with Crippen molar-refractivity contribution < 1.29 is 39.5 Å². The molecule has 242 valence electrons. The van der Waals surface area contributed by atoms with E-state index in [0.29, 0.717) is 36.5 Å². The van der Waals surface area contributed by atoms with E-state index in [1.165, 1.54) is 5.57 Å². The predicted octanol–water partition coefficient (Wildman–Crippen LogP) is 4.62. The summed E-state index contributed by atoms with van der Waals surface area (Å²) >= 11 is 0. The average molecular weight is 603 g/mol. The number of ether oxygens (including phenoxy) is 2. The first-order chi connectivity index (χ1) is 20.0. The van der Waals surface area contributed by atoms with Crippen LogP contribution in [-0.2, 0) is 19.1 Å². The summed E-state index contributed by atoms with van der Waals surface area (Å²) < 4.78 is 10.9. The van der Waals surface area contributed by atoms with Gasteiger partial charge in [-0.15, -0.1) is 0 Å². The van der Waals surface area contributed by atoms with Gasteiger partial charge in [-0.25, -0.2) is 0 Å². The van der Waals surface area contributed by atoms with Crippen LogP contribution in [0.15, 0.2) is 23.3 Å². The van der Waals surface area contributed by atoms with Crippen LogP contribution in [0.25, 0.3) is 0 Å². The number of allylic oxidation sites excluding steroid dienone is 2. The van der Waals surface area contributed by atoms with Gasteiger partial charge >= 0.3 is 5.97 Å². The number of carbonyl (C=O) groups is 2. The smallest absolute Gasteiger partial charge is 0.309 e. The first kappa shape index (κ1) is 32.8. The van der Waals surface area contributed by atoms with Crippen molar-refractivity contribution in [2.45, 2.75) is 136 Å². The molecule has 1 aliphatic heterocycles. The fourth-order valence-electron chi connectivity index (χ4n) is 10.4. The Morgan fingerprint density at radius 3 is 2.37 bits per heavy atom. The Kier molecular flexibility index (Phi) is 8.65. The molecular formula is C35H54O8. The molecule has 5 aliphatic rings. The highest BCUT2D eigenvalue weighted by Crippen LogP contribution is 2.72. The summed E-state index contributed by atoms with van der Waals surface area (Å²) in [7, 11) is 0. The minimum absolute atomic E-state index is 0.00540. The normalized spacial score (nSPS) is 43.7. The lowest BCUT2D eigenvalue weighted by Gasteiger charge is -2.60. The maximum absolute atomic E-state index is 14.0. The van der Waals surface area contributed by atoms with Crippen molar-refractivity contribution in [1.82, 2.24) is 0 Å². The Morgan fingerprint density at radius 1 is 1.00 bits per heavy atom. The van der Waals surface area contributed by atoms with E-state index in [1.54, 1.807) is 12.5 Å². The molecule has 8 heteroatoms. The van der Waals surface area contributed by atoms with Crippen molar-refractivity contribution in [3.8, 4) is 0 Å². The second kappa shape index (κ2) is 11.3. The Morgan fingerprint density at radius 2 is 1.70 bits per heavy atom. The molecule has 1 heterocycles. The van der Waals surface area contributed by atoms with E-state index in [0.717, 1.165) is 44.9 Å². The van der Waals surface area contributed by atoms with E-state index in [9.17, 15) is 30.0 Å². The standard InChI is InChI=1S/C35H54O8/c1-19(2)24(36)10-8-20(30(40)43-29-28(39)25(37)18-42-31(29)41)21-12-16-35(7)23-9-11-26-32(3,4)27(38)14-15-33(26,5)22(23)13-17-34(21,35)6/h20-21,24-26,28-29,31,36-37,39,41H,1,8-18H2,2-7H3. The largest absolute Gasteiger partial charge is 0.454 e. The van der Waals surface area contributed by atoms with Crippen LogP contribution >= 0.6 is 0 Å². The van der Waals surface area contributed by atoms with Crippen molar-refractivity contribution >= 4 is 11.8 Å². The monoisotopic (exact) mass is 602 g/mol. The molecule has 0 spiro atoms. The summed E-state index contributed by atoms with van der Waals surface area (Å²) in [5.74, 6) is -0.415. The SMILES string of the molecule is C=C(C)C(O)CCC(C(=O)OC1C(O)OCC(O)C1O)C1CCC2(C)C3=C(CCC12C)C1(C)CCC(=O)C(C)(C)C1CC3. The first-order valence-corrected chi connectivity index (χ1v) is 16.4. The zero-order valence-electron chi connectivity index (χ0n) is 27.0. The van der Waals surface area contributed by atoms with Gasteiger partial charge in [0, 0.05) is 11.8 Å². The predicted molar refractivity (Wildman–Crippen MR) is 161 cm³/mol. The third-order valence-electron chi connectivity index (χ3n) is 13.4. The molecule has 43 heavy (non-hydrogen) atoms. The molecular weight excluding hydrogens is 548 g/mol. The quantitative estimate of drug-likeness (QED) is 0.245. The second-order valence-corrected chi connectivity index (χ2v) is 15.7. The Hall–Kier alpha value is -1.58. The van der Waals surface area contributed by atoms with E-state index in [2.05, 4.69) is 41.2 Å². The molecule has 0 radical (unpaired) electrons. The molecule has 5 rings (SSSR count). The fourth-order valence-corrected chi connectivity index (χ4v) is 10.4. The third-order valence-corrected chi connectivity index (χ3v) is 13.4. The highest BCUT2D eigenvalue weighted by molar-refractivity contribution is 5.85. The highest BCUT2D eigenvalue weighted by atomic mass is 16.7. The molecule has 0 aromatic carbocycles. The number of fused-ring (bicyclic) bond motifs is 4. The minimum Gasteiger partial charge on any atom is -0.454 e. The van der Waals surface area contributed by atoms with Gasteiger partial charge < -0.3 is 29.9 Å². The van der Waals surface area contributed by atoms with Crippen molar-refractivity contribution in [2.24, 2.45) is 39.4 Å². The van der Waals surface area contributed by atoms with Crippen molar-refractivity contribution in [2.75, 3.05) is 6.61 Å². The zero-order chi connectivity index (χ0) is 31.7. The number of ketones is 1. The summed E-state index contributed by atoms with van der Waals surface area (Å²) in [4.78, 5) is 27.0. The average Bonchev–Trinajstić information content (AvgIpc) is 3.22. The number of aliphatic hydroxyl groups excluding tert-OH is 4. The van der Waals surface area contributed by atoms with Gasteiger partial charge in [0.2, 0.25) is 0 Å². The number of Topliss-reactive ketones (excluding diaryl/α,β-unsaturated/α-hetero) is 1. The molecule has 8 nitrogen and oxygen atoms in total. The highest BCUT2D eigenvalue weighted by Gasteiger charge is 2.64. The van der Waals surface area contributed by atoms with Gasteiger partial charge in [0.25, 0.3) is 0 Å². The van der Waals surface area contributed by atoms with Crippen LogP contribution < -0.4 is 0 Å². The van der Waals surface area contributed by atoms with Crippen molar-refractivity contribution in [3.63, 3.8) is 0 Å². The molecule has 4 aliphatic carbocycles. The Bertz CT molecular complexity index is 1170. The molecule has 0 aromatic heterocycles. The van der Waals surface area contributed by atoms with Crippen LogP contribution in [0, 0.1) is 39.4 Å². The summed E-state index contributed by atoms with van der Waals surface area (Å²) in [6.07, 6.45) is 1.50. The van der Waals surface area contributed by atoms with E-state index in [-0.39, 0.29) is 34.2 Å². The number of carbonyl (C=O) groups excluding carboxylic acids is 2. The van der Waals surface area contributed by atoms with E-state index < -0.39 is 42.6 Å². The van der Waals surface area contributed by atoms with Crippen LogP contribution in [0.1, 0.15) is 106 Å². The molecule has 0 amide bonds. The van der Waals surface area contributed by atoms with Gasteiger partial charge in [-0.2, -0.15) is 0 Å². The van der Waals surface area contributed by atoms with E-state index in [1.807, 2.05) is 0 Å². The molecule has 1 saturated heterocycles. The Balaban J connectivity index is 1.47. The Labute approximate surface area is 256 Å².